The van der Waals surface area contributed by atoms with E-state index in [1.807, 2.05) is 0 Å². The molecule has 0 aliphatic heterocycles. The molecule has 4 nitrogen and oxygen atoms in total. The summed E-state index contributed by atoms with van der Waals surface area (Å²) < 4.78 is 5.29. The largest absolute Gasteiger partial charge is 0.338 e. The highest BCUT2D eigenvalue weighted by molar-refractivity contribution is 5.03. The third kappa shape index (κ3) is 3.53. The molecule has 96 valence electrons. The van der Waals surface area contributed by atoms with Gasteiger partial charge in [-0.2, -0.15) is 4.98 Å². The second kappa shape index (κ2) is 5.17. The molecule has 1 saturated carbocycles. The molecule has 1 atom stereocenters. The molecule has 0 spiro atoms. The summed E-state index contributed by atoms with van der Waals surface area (Å²) >= 11 is 0. The topological polar surface area (TPSA) is 42.2 Å². The molecule has 0 radical (unpaired) electrons. The first kappa shape index (κ1) is 12.6. The van der Waals surface area contributed by atoms with Gasteiger partial charge in [0.25, 0.3) is 0 Å². The van der Waals surface area contributed by atoms with Gasteiger partial charge in [-0.3, -0.25) is 4.90 Å². The minimum atomic E-state index is 0.547. The average Bonchev–Trinajstić information content (AvgIpc) is 2.99. The van der Waals surface area contributed by atoms with Gasteiger partial charge in [0.15, 0.2) is 5.82 Å². The lowest BCUT2D eigenvalue weighted by atomic mass is 10.0. The minimum absolute atomic E-state index is 0.547. The van der Waals surface area contributed by atoms with E-state index < -0.39 is 0 Å². The maximum Gasteiger partial charge on any atom is 0.240 e. The van der Waals surface area contributed by atoms with Gasteiger partial charge in [-0.05, 0) is 39.2 Å². The Hall–Kier alpha value is -0.900. The molecule has 1 fully saturated rings. The second-order valence-corrected chi connectivity index (χ2v) is 5.71. The summed E-state index contributed by atoms with van der Waals surface area (Å²) in [7, 11) is 2.12. The summed E-state index contributed by atoms with van der Waals surface area (Å²) in [6.07, 6.45) is 3.64. The summed E-state index contributed by atoms with van der Waals surface area (Å²) in [6.45, 7) is 7.51. The molecule has 1 aromatic heterocycles. The lowest BCUT2D eigenvalue weighted by molar-refractivity contribution is 0.194. The fraction of sp³-hybridized carbons (Fsp3) is 0.846. The van der Waals surface area contributed by atoms with Gasteiger partial charge >= 0.3 is 0 Å². The highest BCUT2D eigenvalue weighted by Crippen LogP contribution is 2.38. The summed E-state index contributed by atoms with van der Waals surface area (Å²) in [4.78, 5) is 6.74. The van der Waals surface area contributed by atoms with Gasteiger partial charge in [0.2, 0.25) is 5.89 Å². The second-order valence-electron chi connectivity index (χ2n) is 5.71. The van der Waals surface area contributed by atoms with Crippen LogP contribution in [0.3, 0.4) is 0 Å². The van der Waals surface area contributed by atoms with Crippen molar-refractivity contribution in [1.29, 1.82) is 0 Å². The van der Waals surface area contributed by atoms with E-state index in [1.54, 1.807) is 0 Å². The predicted octanol–water partition coefficient (Wildman–Crippen LogP) is 2.81. The van der Waals surface area contributed by atoms with E-state index in [4.69, 9.17) is 4.52 Å². The van der Waals surface area contributed by atoms with Crippen LogP contribution in [0.5, 0.6) is 0 Å². The van der Waals surface area contributed by atoms with E-state index in [0.717, 1.165) is 24.2 Å². The Kier molecular flexibility index (Phi) is 3.82. The van der Waals surface area contributed by atoms with Gasteiger partial charge in [0.1, 0.15) is 0 Å². The third-order valence-corrected chi connectivity index (χ3v) is 3.38. The van der Waals surface area contributed by atoms with Crippen LogP contribution >= 0.6 is 0 Å². The van der Waals surface area contributed by atoms with E-state index in [9.17, 15) is 0 Å². The first-order valence-electron chi connectivity index (χ1n) is 6.59. The number of rotatable bonds is 6. The standard InChI is InChI=1S/C13H23N3O/c1-9(2)7-10(3)16(4)8-12-14-13(15-17-12)11-5-6-11/h9-11H,5-8H2,1-4H3/t10-/m0/s1. The monoisotopic (exact) mass is 237 g/mol. The van der Waals surface area contributed by atoms with Crippen LogP contribution in [-0.2, 0) is 6.54 Å². The summed E-state index contributed by atoms with van der Waals surface area (Å²) in [5.41, 5.74) is 0. The Morgan fingerprint density at radius 3 is 2.65 bits per heavy atom. The lowest BCUT2D eigenvalue weighted by Gasteiger charge is -2.24. The van der Waals surface area contributed by atoms with Crippen molar-refractivity contribution in [3.63, 3.8) is 0 Å². The fourth-order valence-electron chi connectivity index (χ4n) is 2.07. The molecule has 0 aromatic carbocycles. The molecular weight excluding hydrogens is 214 g/mol. The van der Waals surface area contributed by atoms with Crippen molar-refractivity contribution in [1.82, 2.24) is 15.0 Å². The van der Waals surface area contributed by atoms with Crippen molar-refractivity contribution in [3.8, 4) is 0 Å². The van der Waals surface area contributed by atoms with Crippen LogP contribution in [0.1, 0.15) is 57.7 Å². The van der Waals surface area contributed by atoms with Crippen molar-refractivity contribution < 1.29 is 4.52 Å². The fourth-order valence-corrected chi connectivity index (χ4v) is 2.07. The van der Waals surface area contributed by atoms with Crippen LogP contribution in [-0.4, -0.2) is 28.1 Å². The van der Waals surface area contributed by atoms with E-state index in [2.05, 4.69) is 42.9 Å². The molecule has 17 heavy (non-hydrogen) atoms. The number of aromatic nitrogens is 2. The van der Waals surface area contributed by atoms with Crippen molar-refractivity contribution >= 4 is 0 Å². The number of hydrogen-bond acceptors (Lipinski definition) is 4. The SMILES string of the molecule is CC(C)C[C@H](C)N(C)Cc1nc(C2CC2)no1. The van der Waals surface area contributed by atoms with Crippen LogP contribution in [0, 0.1) is 5.92 Å². The van der Waals surface area contributed by atoms with E-state index >= 15 is 0 Å². The van der Waals surface area contributed by atoms with E-state index in [1.165, 1.54) is 19.3 Å². The Morgan fingerprint density at radius 1 is 1.35 bits per heavy atom. The molecule has 0 saturated heterocycles. The first-order valence-corrected chi connectivity index (χ1v) is 6.59. The molecule has 0 N–H and O–H groups in total. The summed E-state index contributed by atoms with van der Waals surface area (Å²) in [6, 6.07) is 0.547. The number of hydrogen-bond donors (Lipinski definition) is 0. The molecule has 0 unspecified atom stereocenters. The molecule has 1 aliphatic rings. The van der Waals surface area contributed by atoms with Gasteiger partial charge in [-0.1, -0.05) is 19.0 Å². The van der Waals surface area contributed by atoms with Crippen LogP contribution in [0.2, 0.25) is 0 Å². The molecule has 1 aliphatic carbocycles. The van der Waals surface area contributed by atoms with Gasteiger partial charge < -0.3 is 4.52 Å². The summed E-state index contributed by atoms with van der Waals surface area (Å²) in [5, 5.41) is 4.04. The van der Waals surface area contributed by atoms with E-state index in [-0.39, 0.29) is 0 Å². The summed E-state index contributed by atoms with van der Waals surface area (Å²) in [5.74, 6) is 2.96. The zero-order chi connectivity index (χ0) is 12.4. The van der Waals surface area contributed by atoms with E-state index in [0.29, 0.717) is 12.0 Å². The first-order chi connectivity index (χ1) is 8.06. The maximum atomic E-state index is 5.29. The highest BCUT2D eigenvalue weighted by Gasteiger charge is 2.29. The normalized spacial score (nSPS) is 18.0. The zero-order valence-corrected chi connectivity index (χ0v) is 11.3. The van der Waals surface area contributed by atoms with Crippen molar-refractivity contribution in [2.24, 2.45) is 5.92 Å². The van der Waals surface area contributed by atoms with Gasteiger partial charge in [-0.15, -0.1) is 0 Å². The Morgan fingerprint density at radius 2 is 2.06 bits per heavy atom. The minimum Gasteiger partial charge on any atom is -0.338 e. The maximum absolute atomic E-state index is 5.29. The molecule has 4 heteroatoms. The van der Waals surface area contributed by atoms with Gasteiger partial charge in [0, 0.05) is 12.0 Å². The average molecular weight is 237 g/mol. The van der Waals surface area contributed by atoms with Crippen molar-refractivity contribution in [2.75, 3.05) is 7.05 Å². The molecule has 0 bridgehead atoms. The van der Waals surface area contributed by atoms with Crippen LogP contribution < -0.4 is 0 Å². The quantitative estimate of drug-likeness (QED) is 0.763. The Labute approximate surface area is 103 Å². The Bertz CT molecular complexity index is 357. The molecular formula is C13H23N3O. The van der Waals surface area contributed by atoms with Gasteiger partial charge in [-0.25, -0.2) is 0 Å². The van der Waals surface area contributed by atoms with Crippen molar-refractivity contribution in [3.05, 3.63) is 11.7 Å². The lowest BCUT2D eigenvalue weighted by Crippen LogP contribution is -2.29. The molecule has 1 aromatic rings. The molecule has 2 rings (SSSR count). The van der Waals surface area contributed by atoms with Crippen LogP contribution in [0.25, 0.3) is 0 Å². The Balaban J connectivity index is 1.85. The third-order valence-electron chi connectivity index (χ3n) is 3.38. The van der Waals surface area contributed by atoms with Crippen LogP contribution in [0.4, 0.5) is 0 Å². The predicted molar refractivity (Wildman–Crippen MR) is 66.7 cm³/mol. The molecule has 1 heterocycles. The smallest absolute Gasteiger partial charge is 0.240 e. The van der Waals surface area contributed by atoms with Crippen molar-refractivity contribution in [2.45, 2.75) is 58.5 Å². The zero-order valence-electron chi connectivity index (χ0n) is 11.3. The van der Waals surface area contributed by atoms with Gasteiger partial charge in [0.05, 0.1) is 6.54 Å². The highest BCUT2D eigenvalue weighted by atomic mass is 16.5. The molecule has 0 amide bonds. The number of nitrogens with zero attached hydrogens (tertiary/aromatic N) is 3. The van der Waals surface area contributed by atoms with Crippen LogP contribution in [0.15, 0.2) is 4.52 Å².